The maximum absolute atomic E-state index is 11.0. The minimum Gasteiger partial charge on any atom is -0.345 e. The van der Waals surface area contributed by atoms with Gasteiger partial charge in [0, 0.05) is 20.0 Å². The lowest BCUT2D eigenvalue weighted by atomic mass is 9.96. The molecule has 0 bridgehead atoms. The highest BCUT2D eigenvalue weighted by Gasteiger charge is 2.20. The van der Waals surface area contributed by atoms with Gasteiger partial charge in [0.2, 0.25) is 5.91 Å². The normalized spacial score (nSPS) is 27.2. The minimum absolute atomic E-state index is 0.310. The Morgan fingerprint density at radius 2 is 2.40 bits per heavy atom. The first-order valence-electron chi connectivity index (χ1n) is 3.98. The zero-order chi connectivity index (χ0) is 7.56. The van der Waals surface area contributed by atoms with Gasteiger partial charge in [-0.05, 0) is 12.3 Å². The lowest BCUT2D eigenvalue weighted by Crippen LogP contribution is -2.36. The van der Waals surface area contributed by atoms with Crippen molar-refractivity contribution in [2.24, 2.45) is 5.92 Å². The van der Waals surface area contributed by atoms with E-state index in [2.05, 4.69) is 6.92 Å². The van der Waals surface area contributed by atoms with Crippen LogP contribution in [0.2, 0.25) is 0 Å². The van der Waals surface area contributed by atoms with Crippen LogP contribution >= 0.6 is 0 Å². The van der Waals surface area contributed by atoms with Crippen LogP contribution in [0.25, 0.3) is 0 Å². The van der Waals surface area contributed by atoms with E-state index in [0.717, 1.165) is 25.3 Å². The zero-order valence-corrected chi connectivity index (χ0v) is 6.76. The summed E-state index contributed by atoms with van der Waals surface area (Å²) in [6, 6.07) is 0. The maximum atomic E-state index is 11.0. The van der Waals surface area contributed by atoms with Crippen molar-refractivity contribution >= 4 is 5.91 Å². The first-order chi connectivity index (χ1) is 4.74. The Labute approximate surface area is 62.2 Å². The lowest BCUT2D eigenvalue weighted by Gasteiger charge is -2.28. The van der Waals surface area contributed by atoms with Gasteiger partial charge in [0.05, 0.1) is 0 Å². The van der Waals surface area contributed by atoms with E-state index in [4.69, 9.17) is 0 Å². The largest absolute Gasteiger partial charge is 0.345 e. The summed E-state index contributed by atoms with van der Waals surface area (Å²) in [5.74, 6) is 1.06. The van der Waals surface area contributed by atoms with Crippen LogP contribution in [0.4, 0.5) is 0 Å². The summed E-state index contributed by atoms with van der Waals surface area (Å²) in [5.41, 5.74) is 0. The van der Waals surface area contributed by atoms with Crippen LogP contribution in [0.3, 0.4) is 0 Å². The van der Waals surface area contributed by atoms with Crippen molar-refractivity contribution < 1.29 is 4.79 Å². The Balaban J connectivity index is 2.40. The number of piperidine rings is 1. The number of hydrogen-bond donors (Lipinski definition) is 0. The molecule has 0 radical (unpaired) electrons. The number of carbonyl (C=O) groups is 1. The maximum Gasteiger partial charge on any atom is 0.222 e. The molecule has 1 saturated heterocycles. The van der Waals surface area contributed by atoms with Gasteiger partial charge >= 0.3 is 0 Å². The van der Waals surface area contributed by atoms with Crippen LogP contribution < -0.4 is 0 Å². The molecule has 1 fully saturated rings. The Kier molecular flexibility index (Phi) is 2.30. The summed E-state index contributed by atoms with van der Waals surface area (Å²) >= 11 is 0. The second-order valence-electron chi connectivity index (χ2n) is 3.09. The third kappa shape index (κ3) is 1.49. The fraction of sp³-hybridized carbons (Fsp3) is 0.875. The molecule has 0 aliphatic carbocycles. The third-order valence-electron chi connectivity index (χ3n) is 2.30. The van der Waals surface area contributed by atoms with Crippen molar-refractivity contribution in [3.63, 3.8) is 0 Å². The number of carbonyl (C=O) groups excluding carboxylic acids is 1. The van der Waals surface area contributed by atoms with Gasteiger partial charge in [-0.25, -0.2) is 0 Å². The topological polar surface area (TPSA) is 20.3 Å². The first-order valence-corrected chi connectivity index (χ1v) is 3.98. The Bertz CT molecular complexity index is 133. The van der Waals surface area contributed by atoms with Crippen molar-refractivity contribution in [2.75, 3.05) is 13.6 Å². The summed E-state index contributed by atoms with van der Waals surface area (Å²) in [6.45, 7) is 3.16. The highest BCUT2D eigenvalue weighted by atomic mass is 16.2. The molecule has 0 aromatic carbocycles. The summed E-state index contributed by atoms with van der Waals surface area (Å²) in [5, 5.41) is 0. The molecule has 10 heavy (non-hydrogen) atoms. The number of nitrogens with zero attached hydrogens (tertiary/aromatic N) is 1. The van der Waals surface area contributed by atoms with Gasteiger partial charge in [0.1, 0.15) is 0 Å². The molecular formula is C8H15NO. The summed E-state index contributed by atoms with van der Waals surface area (Å²) in [6.07, 6.45) is 3.06. The van der Waals surface area contributed by atoms with Gasteiger partial charge in [0.15, 0.2) is 0 Å². The molecule has 58 valence electrons. The van der Waals surface area contributed by atoms with Crippen LogP contribution in [0.15, 0.2) is 0 Å². The van der Waals surface area contributed by atoms with Crippen molar-refractivity contribution in [2.45, 2.75) is 26.2 Å². The second-order valence-corrected chi connectivity index (χ2v) is 3.09. The van der Waals surface area contributed by atoms with Crippen molar-refractivity contribution in [1.29, 1.82) is 0 Å². The first kappa shape index (κ1) is 7.58. The fourth-order valence-corrected chi connectivity index (χ4v) is 1.43. The van der Waals surface area contributed by atoms with Crippen molar-refractivity contribution in [3.05, 3.63) is 0 Å². The molecule has 0 N–H and O–H groups in total. The highest BCUT2D eigenvalue weighted by molar-refractivity contribution is 5.76. The third-order valence-corrected chi connectivity index (χ3v) is 2.30. The van der Waals surface area contributed by atoms with E-state index < -0.39 is 0 Å². The predicted octanol–water partition coefficient (Wildman–Crippen LogP) is 1.26. The number of hydrogen-bond acceptors (Lipinski definition) is 1. The molecule has 0 aromatic heterocycles. The zero-order valence-electron chi connectivity index (χ0n) is 6.76. The molecule has 1 amide bonds. The van der Waals surface area contributed by atoms with Gasteiger partial charge < -0.3 is 4.90 Å². The van der Waals surface area contributed by atoms with Gasteiger partial charge in [-0.2, -0.15) is 0 Å². The average Bonchev–Trinajstić information content (AvgIpc) is 1.95. The smallest absolute Gasteiger partial charge is 0.222 e. The number of rotatable bonds is 1. The number of amides is 1. The van der Waals surface area contributed by atoms with Crippen LogP contribution in [-0.2, 0) is 4.79 Å². The van der Waals surface area contributed by atoms with E-state index in [-0.39, 0.29) is 0 Å². The summed E-state index contributed by atoms with van der Waals surface area (Å²) in [7, 11) is 1.89. The minimum atomic E-state index is 0.310. The molecule has 0 aromatic rings. The van der Waals surface area contributed by atoms with Crippen LogP contribution in [-0.4, -0.2) is 24.4 Å². The molecule has 1 aliphatic heterocycles. The summed E-state index contributed by atoms with van der Waals surface area (Å²) < 4.78 is 0. The van der Waals surface area contributed by atoms with Crippen LogP contribution in [0.1, 0.15) is 26.2 Å². The van der Waals surface area contributed by atoms with E-state index in [1.54, 1.807) is 0 Å². The molecule has 1 rings (SSSR count). The van der Waals surface area contributed by atoms with Gasteiger partial charge in [0.25, 0.3) is 0 Å². The van der Waals surface area contributed by atoms with E-state index >= 15 is 0 Å². The molecule has 2 heteroatoms. The van der Waals surface area contributed by atoms with Gasteiger partial charge in [-0.3, -0.25) is 4.79 Å². The molecular weight excluding hydrogens is 126 g/mol. The van der Waals surface area contributed by atoms with E-state index in [1.165, 1.54) is 6.42 Å². The van der Waals surface area contributed by atoms with Gasteiger partial charge in [-0.1, -0.05) is 13.3 Å². The van der Waals surface area contributed by atoms with E-state index in [0.29, 0.717) is 5.91 Å². The SMILES string of the molecule is CC[C@@H]1CCC(=O)N(C)C1. The van der Waals surface area contributed by atoms with E-state index in [1.807, 2.05) is 11.9 Å². The fourth-order valence-electron chi connectivity index (χ4n) is 1.43. The van der Waals surface area contributed by atoms with E-state index in [9.17, 15) is 4.79 Å². The molecule has 0 unspecified atom stereocenters. The lowest BCUT2D eigenvalue weighted by molar-refractivity contribution is -0.133. The molecule has 1 atom stereocenters. The highest BCUT2D eigenvalue weighted by Crippen LogP contribution is 2.18. The average molecular weight is 141 g/mol. The second kappa shape index (κ2) is 3.04. The van der Waals surface area contributed by atoms with Crippen LogP contribution in [0.5, 0.6) is 0 Å². The molecule has 0 spiro atoms. The van der Waals surface area contributed by atoms with Crippen molar-refractivity contribution in [1.82, 2.24) is 4.90 Å². The quantitative estimate of drug-likeness (QED) is 0.538. The Hall–Kier alpha value is -0.530. The molecule has 1 aliphatic rings. The standard InChI is InChI=1S/C8H15NO/c1-3-7-4-5-8(10)9(2)6-7/h7H,3-6H2,1-2H3/t7-/m1/s1. The molecule has 2 nitrogen and oxygen atoms in total. The molecule has 0 saturated carbocycles. The van der Waals surface area contributed by atoms with Gasteiger partial charge in [-0.15, -0.1) is 0 Å². The Morgan fingerprint density at radius 3 is 2.90 bits per heavy atom. The summed E-state index contributed by atoms with van der Waals surface area (Å²) in [4.78, 5) is 12.8. The Morgan fingerprint density at radius 1 is 1.70 bits per heavy atom. The predicted molar refractivity (Wildman–Crippen MR) is 40.7 cm³/mol. The molecule has 1 heterocycles. The van der Waals surface area contributed by atoms with Crippen molar-refractivity contribution in [3.8, 4) is 0 Å². The monoisotopic (exact) mass is 141 g/mol. The number of likely N-dealkylation sites (tertiary alicyclic amines) is 1. The van der Waals surface area contributed by atoms with Crippen LogP contribution in [0, 0.1) is 5.92 Å².